The lowest BCUT2D eigenvalue weighted by molar-refractivity contribution is 0.286. The van der Waals surface area contributed by atoms with Crippen LogP contribution >= 0.6 is 11.6 Å². The quantitative estimate of drug-likeness (QED) is 0.485. The molecule has 0 saturated heterocycles. The topological polar surface area (TPSA) is 68.3 Å². The third-order valence-corrected chi connectivity index (χ3v) is 5.49. The molecule has 2 N–H and O–H groups in total. The Bertz CT molecular complexity index is 1030. The summed E-state index contributed by atoms with van der Waals surface area (Å²) in [6.45, 7) is 1.31. The van der Waals surface area contributed by atoms with Gasteiger partial charge in [0.15, 0.2) is 11.5 Å². The lowest BCUT2D eigenvalue weighted by atomic mass is 10.2. The third-order valence-electron chi connectivity index (χ3n) is 5.25. The SMILES string of the molecule is COc1cc2c(Nc3ccc(Cl)cc3F)ncnc2cc1OCCNC1CCCC1. The summed E-state index contributed by atoms with van der Waals surface area (Å²) in [4.78, 5) is 8.59. The van der Waals surface area contributed by atoms with Gasteiger partial charge in [-0.1, -0.05) is 24.4 Å². The van der Waals surface area contributed by atoms with Crippen LogP contribution in [0.1, 0.15) is 25.7 Å². The third kappa shape index (κ3) is 4.74. The Morgan fingerprint density at radius 1 is 1.13 bits per heavy atom. The summed E-state index contributed by atoms with van der Waals surface area (Å²) in [5.74, 6) is 1.18. The van der Waals surface area contributed by atoms with Crippen LogP contribution < -0.4 is 20.1 Å². The molecule has 8 heteroatoms. The Kier molecular flexibility index (Phi) is 6.50. The van der Waals surface area contributed by atoms with Crippen LogP contribution in [0, 0.1) is 5.82 Å². The van der Waals surface area contributed by atoms with Crippen molar-refractivity contribution < 1.29 is 13.9 Å². The molecule has 1 fully saturated rings. The van der Waals surface area contributed by atoms with Gasteiger partial charge in [0.25, 0.3) is 0 Å². The van der Waals surface area contributed by atoms with E-state index in [1.165, 1.54) is 38.1 Å². The number of ether oxygens (including phenoxy) is 2. The minimum absolute atomic E-state index is 0.275. The molecule has 0 amide bonds. The van der Waals surface area contributed by atoms with E-state index in [1.807, 2.05) is 6.07 Å². The molecule has 158 valence electrons. The van der Waals surface area contributed by atoms with E-state index in [4.69, 9.17) is 21.1 Å². The maximum atomic E-state index is 14.2. The van der Waals surface area contributed by atoms with Crippen molar-refractivity contribution in [3.05, 3.63) is 47.5 Å². The number of hydrogen-bond acceptors (Lipinski definition) is 6. The minimum Gasteiger partial charge on any atom is -0.493 e. The summed E-state index contributed by atoms with van der Waals surface area (Å²) in [6.07, 6.45) is 6.50. The number of hydrogen-bond donors (Lipinski definition) is 2. The molecule has 2 aromatic carbocycles. The van der Waals surface area contributed by atoms with E-state index in [0.29, 0.717) is 45.9 Å². The first-order valence-corrected chi connectivity index (χ1v) is 10.4. The summed E-state index contributed by atoms with van der Waals surface area (Å²) in [5, 5.41) is 7.56. The average Bonchev–Trinajstić information content (AvgIpc) is 3.26. The summed E-state index contributed by atoms with van der Waals surface area (Å²) < 4.78 is 25.6. The molecule has 0 spiro atoms. The molecule has 1 aliphatic rings. The van der Waals surface area contributed by atoms with Gasteiger partial charge in [0, 0.05) is 29.1 Å². The van der Waals surface area contributed by atoms with Crippen molar-refractivity contribution in [1.82, 2.24) is 15.3 Å². The van der Waals surface area contributed by atoms with Crippen molar-refractivity contribution in [2.45, 2.75) is 31.7 Å². The summed E-state index contributed by atoms with van der Waals surface area (Å²) >= 11 is 5.83. The molecule has 0 unspecified atom stereocenters. The molecule has 1 aromatic heterocycles. The fourth-order valence-electron chi connectivity index (χ4n) is 3.71. The molecule has 1 saturated carbocycles. The van der Waals surface area contributed by atoms with Gasteiger partial charge in [-0.15, -0.1) is 0 Å². The highest BCUT2D eigenvalue weighted by Gasteiger charge is 2.15. The molecule has 0 aliphatic heterocycles. The van der Waals surface area contributed by atoms with Crippen molar-refractivity contribution in [3.8, 4) is 11.5 Å². The zero-order valence-corrected chi connectivity index (χ0v) is 17.5. The standard InChI is InChI=1S/C22H24ClFN4O2/c1-29-20-11-16-19(12-21(20)30-9-8-25-15-4-2-3-5-15)26-13-27-22(16)28-18-7-6-14(23)10-17(18)24/h6-7,10-13,15,25H,2-5,8-9H2,1H3,(H,26,27,28). The van der Waals surface area contributed by atoms with Crippen LogP contribution in [0.15, 0.2) is 36.7 Å². The smallest absolute Gasteiger partial charge is 0.163 e. The van der Waals surface area contributed by atoms with Crippen LogP contribution in [0.25, 0.3) is 10.9 Å². The Morgan fingerprint density at radius 3 is 2.73 bits per heavy atom. The number of benzene rings is 2. The Morgan fingerprint density at radius 2 is 1.97 bits per heavy atom. The predicted molar refractivity (Wildman–Crippen MR) is 117 cm³/mol. The van der Waals surface area contributed by atoms with Crippen molar-refractivity contribution >= 4 is 34.0 Å². The number of fused-ring (bicyclic) bond motifs is 1. The molecule has 30 heavy (non-hydrogen) atoms. The van der Waals surface area contributed by atoms with Gasteiger partial charge in [0.1, 0.15) is 24.6 Å². The van der Waals surface area contributed by atoms with E-state index in [-0.39, 0.29) is 5.69 Å². The Balaban J connectivity index is 1.52. The number of nitrogens with zero attached hydrogens (tertiary/aromatic N) is 2. The zero-order chi connectivity index (χ0) is 20.9. The van der Waals surface area contributed by atoms with Crippen LogP contribution in [0.5, 0.6) is 11.5 Å². The van der Waals surface area contributed by atoms with Crippen molar-refractivity contribution in [2.24, 2.45) is 0 Å². The van der Waals surface area contributed by atoms with E-state index in [0.717, 1.165) is 6.54 Å². The first kappa shape index (κ1) is 20.6. The van der Waals surface area contributed by atoms with Gasteiger partial charge in [-0.05, 0) is 37.1 Å². The van der Waals surface area contributed by atoms with Gasteiger partial charge in [-0.25, -0.2) is 14.4 Å². The molecular weight excluding hydrogens is 407 g/mol. The van der Waals surface area contributed by atoms with Crippen LogP contribution in [-0.2, 0) is 0 Å². The van der Waals surface area contributed by atoms with Crippen LogP contribution in [0.3, 0.4) is 0 Å². The lowest BCUT2D eigenvalue weighted by Gasteiger charge is -2.15. The van der Waals surface area contributed by atoms with Crippen LogP contribution in [0.4, 0.5) is 15.9 Å². The highest BCUT2D eigenvalue weighted by molar-refractivity contribution is 6.30. The molecule has 0 atom stereocenters. The van der Waals surface area contributed by atoms with E-state index in [9.17, 15) is 4.39 Å². The largest absolute Gasteiger partial charge is 0.493 e. The lowest BCUT2D eigenvalue weighted by Crippen LogP contribution is -2.30. The fourth-order valence-corrected chi connectivity index (χ4v) is 3.87. The normalized spacial score (nSPS) is 14.2. The number of methoxy groups -OCH3 is 1. The molecule has 0 bridgehead atoms. The minimum atomic E-state index is -0.462. The van der Waals surface area contributed by atoms with Crippen molar-refractivity contribution in [1.29, 1.82) is 0 Å². The predicted octanol–water partition coefficient (Wildman–Crippen LogP) is 5.09. The molecule has 3 aromatic rings. The Hall–Kier alpha value is -2.64. The highest BCUT2D eigenvalue weighted by atomic mass is 35.5. The molecule has 6 nitrogen and oxygen atoms in total. The molecule has 4 rings (SSSR count). The van der Waals surface area contributed by atoms with E-state index in [1.54, 1.807) is 25.3 Å². The zero-order valence-electron chi connectivity index (χ0n) is 16.8. The first-order valence-electron chi connectivity index (χ1n) is 10.0. The Labute approximate surface area is 179 Å². The molecular formula is C22H24ClFN4O2. The molecule has 0 radical (unpaired) electrons. The van der Waals surface area contributed by atoms with Gasteiger partial charge < -0.3 is 20.1 Å². The van der Waals surface area contributed by atoms with Crippen LogP contribution in [0.2, 0.25) is 5.02 Å². The second-order valence-corrected chi connectivity index (χ2v) is 7.71. The van der Waals surface area contributed by atoms with Crippen molar-refractivity contribution in [3.63, 3.8) is 0 Å². The maximum absolute atomic E-state index is 14.2. The summed E-state index contributed by atoms with van der Waals surface area (Å²) in [6, 6.07) is 8.64. The molecule has 1 heterocycles. The van der Waals surface area contributed by atoms with Gasteiger partial charge in [0.2, 0.25) is 0 Å². The summed E-state index contributed by atoms with van der Waals surface area (Å²) in [7, 11) is 1.58. The second-order valence-electron chi connectivity index (χ2n) is 7.28. The highest BCUT2D eigenvalue weighted by Crippen LogP contribution is 2.35. The fraction of sp³-hybridized carbons (Fsp3) is 0.364. The van der Waals surface area contributed by atoms with E-state index in [2.05, 4.69) is 20.6 Å². The van der Waals surface area contributed by atoms with Crippen LogP contribution in [-0.4, -0.2) is 36.3 Å². The number of aromatic nitrogens is 2. The number of halogens is 2. The van der Waals surface area contributed by atoms with Gasteiger partial charge in [0.05, 0.1) is 18.3 Å². The first-order chi connectivity index (χ1) is 14.6. The van der Waals surface area contributed by atoms with Gasteiger partial charge in [-0.2, -0.15) is 0 Å². The maximum Gasteiger partial charge on any atom is 0.163 e. The summed E-state index contributed by atoms with van der Waals surface area (Å²) in [5.41, 5.74) is 0.943. The molecule has 1 aliphatic carbocycles. The van der Waals surface area contributed by atoms with Gasteiger partial charge >= 0.3 is 0 Å². The number of anilines is 2. The second kappa shape index (κ2) is 9.45. The van der Waals surface area contributed by atoms with E-state index >= 15 is 0 Å². The number of rotatable bonds is 8. The van der Waals surface area contributed by atoms with E-state index < -0.39 is 5.82 Å². The van der Waals surface area contributed by atoms with Gasteiger partial charge in [-0.3, -0.25) is 0 Å². The average molecular weight is 431 g/mol. The number of nitrogens with one attached hydrogen (secondary N) is 2. The monoisotopic (exact) mass is 430 g/mol. The van der Waals surface area contributed by atoms with Crippen molar-refractivity contribution in [2.75, 3.05) is 25.6 Å².